The van der Waals surface area contributed by atoms with Crippen LogP contribution in [0.3, 0.4) is 0 Å². The third-order valence-corrected chi connectivity index (χ3v) is 6.46. The molecule has 0 aliphatic carbocycles. The van der Waals surface area contributed by atoms with Gasteiger partial charge in [0.05, 0.1) is 5.60 Å². The number of rotatable bonds is 8. The van der Waals surface area contributed by atoms with E-state index in [0.29, 0.717) is 25.9 Å². The van der Waals surface area contributed by atoms with Crippen LogP contribution in [0.15, 0.2) is 60.3 Å². The fourth-order valence-electron chi connectivity index (χ4n) is 4.28. The fraction of sp³-hybridized carbons (Fsp3) is 0.586. The van der Waals surface area contributed by atoms with Crippen LogP contribution in [0.2, 0.25) is 0 Å². The van der Waals surface area contributed by atoms with Crippen LogP contribution in [0.1, 0.15) is 78.8 Å². The van der Waals surface area contributed by atoms with E-state index in [0.717, 1.165) is 17.7 Å². The number of hydrogen-bond acceptors (Lipinski definition) is 6. The number of ether oxygens (including phenoxy) is 3. The molecule has 5 unspecified atom stereocenters. The summed E-state index contributed by atoms with van der Waals surface area (Å²) in [6.45, 7) is 12.3. The van der Waals surface area contributed by atoms with Crippen LogP contribution in [0.4, 0.5) is 0 Å². The number of aliphatic hydroxyl groups excluding tert-OH is 1. The lowest BCUT2D eigenvalue weighted by Gasteiger charge is -2.36. The predicted molar refractivity (Wildman–Crippen MR) is 139 cm³/mol. The summed E-state index contributed by atoms with van der Waals surface area (Å²) in [6, 6.07) is 5.89. The quantitative estimate of drug-likeness (QED) is 0.214. The van der Waals surface area contributed by atoms with Gasteiger partial charge in [-0.05, 0) is 64.7 Å². The van der Waals surface area contributed by atoms with Crippen LogP contribution in [0.5, 0.6) is 0 Å². The Morgan fingerprint density at radius 3 is 2.77 bits per heavy atom. The van der Waals surface area contributed by atoms with E-state index in [4.69, 9.17) is 14.2 Å². The van der Waals surface area contributed by atoms with Gasteiger partial charge in [0.15, 0.2) is 6.29 Å². The molecule has 0 amide bonds. The molecule has 1 N–H and O–H groups in total. The average Bonchev–Trinajstić information content (AvgIpc) is 2.83. The molecule has 0 aromatic carbocycles. The molecular formula is C29H43NO5. The maximum Gasteiger partial charge on any atom is 0.306 e. The normalized spacial score (nSPS) is 28.7. The highest BCUT2D eigenvalue weighted by Crippen LogP contribution is 2.29. The van der Waals surface area contributed by atoms with E-state index in [-0.39, 0.29) is 17.8 Å². The highest BCUT2D eigenvalue weighted by Gasteiger charge is 2.35. The average molecular weight is 486 g/mol. The van der Waals surface area contributed by atoms with Crippen molar-refractivity contribution in [3.05, 3.63) is 66.0 Å². The van der Waals surface area contributed by atoms with Gasteiger partial charge < -0.3 is 19.3 Å². The van der Waals surface area contributed by atoms with Crippen molar-refractivity contribution in [1.82, 2.24) is 4.98 Å². The summed E-state index contributed by atoms with van der Waals surface area (Å²) in [5.74, 6) is -0.164. The van der Waals surface area contributed by atoms with Crippen LogP contribution in [0, 0.1) is 5.92 Å². The number of nitrogens with zero attached hydrogens (tertiary/aromatic N) is 1. The highest BCUT2D eigenvalue weighted by molar-refractivity contribution is 5.69. The largest absolute Gasteiger partial charge is 0.457 e. The number of esters is 1. The molecule has 1 aliphatic heterocycles. The lowest BCUT2D eigenvalue weighted by atomic mass is 9.89. The Bertz CT molecular complexity index is 865. The van der Waals surface area contributed by atoms with Crippen molar-refractivity contribution in [3.8, 4) is 0 Å². The second kappa shape index (κ2) is 14.3. The number of hydrogen-bond donors (Lipinski definition) is 1. The van der Waals surface area contributed by atoms with Gasteiger partial charge in [0, 0.05) is 36.8 Å². The Kier molecular flexibility index (Phi) is 11.8. The van der Waals surface area contributed by atoms with Crippen molar-refractivity contribution in [1.29, 1.82) is 0 Å². The Hall–Kier alpha value is -2.28. The first kappa shape index (κ1) is 29.0. The third-order valence-electron chi connectivity index (χ3n) is 6.46. The molecule has 0 spiro atoms. The molecule has 6 nitrogen and oxygen atoms in total. The second-order valence-corrected chi connectivity index (χ2v) is 9.60. The van der Waals surface area contributed by atoms with Crippen molar-refractivity contribution in [3.63, 3.8) is 0 Å². The molecular weight excluding hydrogens is 442 g/mol. The molecule has 1 aromatic heterocycles. The molecule has 2 rings (SSSR count). The van der Waals surface area contributed by atoms with Crippen molar-refractivity contribution in [2.45, 2.75) is 97.2 Å². The number of allylic oxidation sites excluding steroid dienone is 3. The Labute approximate surface area is 211 Å². The standard InChI is InChI=1S/C29H43NO5/c1-7-33-24(5)35-29(6)19-10-8-16-27(32)34-28(23(4)17-18-26(29)31)22(3)14-12-13-21(2)25-15-9-11-20-30-25/h9,11-15,17-18,20-21,23-24,26,28,31H,7-8,10,16,19H2,1-6H3/b13-12+,18-17?,22-14+/t21-,23?,24?,26?,28?,29?/m1/s1. The minimum atomic E-state index is -0.813. The first-order valence-corrected chi connectivity index (χ1v) is 12.8. The van der Waals surface area contributed by atoms with E-state index >= 15 is 0 Å². The van der Waals surface area contributed by atoms with Gasteiger partial charge >= 0.3 is 5.97 Å². The Morgan fingerprint density at radius 2 is 2.09 bits per heavy atom. The topological polar surface area (TPSA) is 77.9 Å². The van der Waals surface area contributed by atoms with Crippen LogP contribution in [-0.2, 0) is 19.0 Å². The van der Waals surface area contributed by atoms with Crippen LogP contribution in [0.25, 0.3) is 0 Å². The summed E-state index contributed by atoms with van der Waals surface area (Å²) in [6.07, 6.45) is 12.2. The van der Waals surface area contributed by atoms with E-state index < -0.39 is 24.1 Å². The van der Waals surface area contributed by atoms with Crippen LogP contribution >= 0.6 is 0 Å². The summed E-state index contributed by atoms with van der Waals surface area (Å²) in [4.78, 5) is 17.0. The Morgan fingerprint density at radius 1 is 1.31 bits per heavy atom. The fourth-order valence-corrected chi connectivity index (χ4v) is 4.28. The van der Waals surface area contributed by atoms with Gasteiger partial charge in [0.1, 0.15) is 12.2 Å². The lowest BCUT2D eigenvalue weighted by Crippen LogP contribution is -2.44. The highest BCUT2D eigenvalue weighted by atomic mass is 16.7. The molecule has 194 valence electrons. The summed E-state index contributed by atoms with van der Waals surface area (Å²) in [5, 5.41) is 11.0. The van der Waals surface area contributed by atoms with Gasteiger partial charge in [-0.2, -0.15) is 0 Å². The smallest absolute Gasteiger partial charge is 0.306 e. The zero-order valence-corrected chi connectivity index (χ0v) is 22.1. The van der Waals surface area contributed by atoms with E-state index in [9.17, 15) is 9.90 Å². The van der Waals surface area contributed by atoms with E-state index in [1.807, 2.05) is 71.0 Å². The number of aliphatic hydroxyl groups is 1. The van der Waals surface area contributed by atoms with Crippen molar-refractivity contribution >= 4 is 5.97 Å². The first-order valence-electron chi connectivity index (χ1n) is 12.8. The SMILES string of the molecule is CCOC(C)OC1(C)CCCCC(=O)OC(/C(C)=C/C=C/[C@@H](C)c2ccccn2)C(C)C=CC1O. The molecule has 0 fully saturated rings. The molecule has 6 heteroatoms. The maximum atomic E-state index is 12.6. The van der Waals surface area contributed by atoms with E-state index in [1.54, 1.807) is 12.3 Å². The van der Waals surface area contributed by atoms with Gasteiger partial charge in [-0.15, -0.1) is 0 Å². The molecule has 2 heterocycles. The van der Waals surface area contributed by atoms with E-state index in [1.165, 1.54) is 0 Å². The number of carbonyl (C=O) groups excluding carboxylic acids is 1. The number of aromatic nitrogens is 1. The molecule has 6 atom stereocenters. The van der Waals surface area contributed by atoms with Crippen molar-refractivity contribution in [2.24, 2.45) is 5.92 Å². The first-order chi connectivity index (χ1) is 16.7. The van der Waals surface area contributed by atoms with Gasteiger partial charge in [-0.3, -0.25) is 9.78 Å². The summed E-state index contributed by atoms with van der Waals surface area (Å²) in [5.41, 5.74) is 1.13. The summed E-state index contributed by atoms with van der Waals surface area (Å²) < 4.78 is 17.6. The molecule has 0 radical (unpaired) electrons. The summed E-state index contributed by atoms with van der Waals surface area (Å²) in [7, 11) is 0. The zero-order valence-electron chi connectivity index (χ0n) is 22.1. The minimum Gasteiger partial charge on any atom is -0.457 e. The van der Waals surface area contributed by atoms with Gasteiger partial charge in [-0.25, -0.2) is 0 Å². The van der Waals surface area contributed by atoms with Crippen molar-refractivity contribution < 1.29 is 24.1 Å². The zero-order chi connectivity index (χ0) is 25.8. The minimum absolute atomic E-state index is 0.126. The number of cyclic esters (lactones) is 1. The Balaban J connectivity index is 2.20. The maximum absolute atomic E-state index is 12.6. The van der Waals surface area contributed by atoms with E-state index in [2.05, 4.69) is 18.0 Å². The summed E-state index contributed by atoms with van der Waals surface area (Å²) >= 11 is 0. The molecule has 1 aliphatic rings. The van der Waals surface area contributed by atoms with Crippen LogP contribution < -0.4 is 0 Å². The second-order valence-electron chi connectivity index (χ2n) is 9.60. The molecule has 1 aromatic rings. The lowest BCUT2D eigenvalue weighted by molar-refractivity contribution is -0.220. The molecule has 35 heavy (non-hydrogen) atoms. The molecule has 0 bridgehead atoms. The number of pyridine rings is 1. The van der Waals surface area contributed by atoms with Gasteiger partial charge in [0.2, 0.25) is 0 Å². The third kappa shape index (κ3) is 9.36. The van der Waals surface area contributed by atoms with Gasteiger partial charge in [-0.1, -0.05) is 50.3 Å². The molecule has 0 saturated heterocycles. The van der Waals surface area contributed by atoms with Gasteiger partial charge in [0.25, 0.3) is 0 Å². The monoisotopic (exact) mass is 485 g/mol. The van der Waals surface area contributed by atoms with Crippen molar-refractivity contribution in [2.75, 3.05) is 6.61 Å². The van der Waals surface area contributed by atoms with Crippen LogP contribution in [-0.4, -0.2) is 46.8 Å². The predicted octanol–water partition coefficient (Wildman–Crippen LogP) is 5.88. The molecule has 0 saturated carbocycles. The number of carbonyl (C=O) groups is 1.